The maximum absolute atomic E-state index is 12.8. The number of fused-ring (bicyclic) bond motifs is 1. The van der Waals surface area contributed by atoms with E-state index in [1.54, 1.807) is 34.1 Å². The van der Waals surface area contributed by atoms with E-state index >= 15 is 0 Å². The molecule has 0 unspecified atom stereocenters. The first kappa shape index (κ1) is 20.5. The van der Waals surface area contributed by atoms with Gasteiger partial charge in [0, 0.05) is 38.8 Å². The molecule has 0 bridgehead atoms. The molecule has 0 aliphatic carbocycles. The van der Waals surface area contributed by atoms with E-state index in [0.717, 1.165) is 17.8 Å². The Morgan fingerprint density at radius 1 is 1.17 bits per heavy atom. The van der Waals surface area contributed by atoms with Gasteiger partial charge in [0.25, 0.3) is 5.91 Å². The average Bonchev–Trinajstić information content (AvgIpc) is 2.72. The highest BCUT2D eigenvalue weighted by molar-refractivity contribution is 6.33. The molecule has 2 aliphatic heterocycles. The van der Waals surface area contributed by atoms with Gasteiger partial charge in [0.05, 0.1) is 16.1 Å². The Bertz CT molecular complexity index is 991. The van der Waals surface area contributed by atoms with Crippen molar-refractivity contribution >= 4 is 29.3 Å². The Labute approximate surface area is 175 Å². The molecule has 158 valence electrons. The van der Waals surface area contributed by atoms with Gasteiger partial charge in [-0.3, -0.25) is 4.79 Å². The average molecular weight is 440 g/mol. The molecular weight excluding hydrogens is 423 g/mol. The molecule has 0 radical (unpaired) electrons. The molecule has 30 heavy (non-hydrogen) atoms. The molecule has 0 N–H and O–H groups in total. The Kier molecular flexibility index (Phi) is 5.31. The first-order chi connectivity index (χ1) is 14.2. The SMILES string of the molecule is O=C1O[C@@H](C(=O)N2CCN(c3ncc(C(F)(F)F)cc3Cl)CC2)Cc2ccccc21. The standard InChI is InChI=1S/C20H17ClF3N3O3/c21-15-10-13(20(22,23)24)11-25-17(15)26-5-7-27(8-6-26)18(28)16-9-12-3-1-2-4-14(12)19(29)30-16/h1-4,10-11,16H,5-9H2/t16-/m1/s1. The molecule has 10 heteroatoms. The summed E-state index contributed by atoms with van der Waals surface area (Å²) in [5, 5.41) is -0.0950. The number of anilines is 1. The van der Waals surface area contributed by atoms with Gasteiger partial charge in [0.15, 0.2) is 6.10 Å². The number of pyridine rings is 1. The summed E-state index contributed by atoms with van der Waals surface area (Å²) in [6.45, 7) is 1.32. The van der Waals surface area contributed by atoms with Crippen LogP contribution in [0.5, 0.6) is 0 Å². The summed E-state index contributed by atoms with van der Waals surface area (Å²) < 4.78 is 43.7. The zero-order chi connectivity index (χ0) is 21.5. The second-order valence-electron chi connectivity index (χ2n) is 7.09. The van der Waals surface area contributed by atoms with Crippen LogP contribution in [-0.4, -0.2) is 54.0 Å². The molecule has 1 aromatic carbocycles. The Morgan fingerprint density at radius 3 is 2.53 bits per heavy atom. The van der Waals surface area contributed by atoms with E-state index < -0.39 is 23.8 Å². The van der Waals surface area contributed by atoms with Crippen molar-refractivity contribution in [2.45, 2.75) is 18.7 Å². The smallest absolute Gasteiger partial charge is 0.417 e. The number of nitrogens with zero attached hydrogens (tertiary/aromatic N) is 3. The number of benzene rings is 1. The molecule has 3 heterocycles. The van der Waals surface area contributed by atoms with E-state index in [1.165, 1.54) is 0 Å². The lowest BCUT2D eigenvalue weighted by atomic mass is 9.98. The zero-order valence-corrected chi connectivity index (χ0v) is 16.4. The molecule has 6 nitrogen and oxygen atoms in total. The fourth-order valence-electron chi connectivity index (χ4n) is 3.63. The lowest BCUT2D eigenvalue weighted by molar-refractivity contribution is -0.141. The number of halogens is 4. The van der Waals surface area contributed by atoms with Crippen molar-refractivity contribution < 1.29 is 27.5 Å². The number of carbonyl (C=O) groups is 2. The molecule has 0 saturated carbocycles. The predicted molar refractivity (Wildman–Crippen MR) is 102 cm³/mol. The first-order valence-electron chi connectivity index (χ1n) is 9.29. The molecule has 1 atom stereocenters. The van der Waals surface area contributed by atoms with Gasteiger partial charge in [-0.05, 0) is 17.7 Å². The van der Waals surface area contributed by atoms with Crippen molar-refractivity contribution in [2.75, 3.05) is 31.1 Å². The number of hydrogen-bond acceptors (Lipinski definition) is 5. The Balaban J connectivity index is 1.40. The third kappa shape index (κ3) is 3.94. The maximum Gasteiger partial charge on any atom is 0.417 e. The molecule has 4 rings (SSSR count). The minimum absolute atomic E-state index is 0.0950. The summed E-state index contributed by atoms with van der Waals surface area (Å²) in [5.41, 5.74) is 0.324. The van der Waals surface area contributed by atoms with E-state index in [2.05, 4.69) is 4.98 Å². The van der Waals surface area contributed by atoms with Crippen LogP contribution in [0.1, 0.15) is 21.5 Å². The summed E-state index contributed by atoms with van der Waals surface area (Å²) in [6, 6.07) is 7.85. The number of rotatable bonds is 2. The van der Waals surface area contributed by atoms with E-state index in [9.17, 15) is 22.8 Å². The largest absolute Gasteiger partial charge is 0.448 e. The van der Waals surface area contributed by atoms with Crippen LogP contribution in [0.2, 0.25) is 5.02 Å². The zero-order valence-electron chi connectivity index (χ0n) is 15.7. The van der Waals surface area contributed by atoms with E-state index in [1.807, 2.05) is 0 Å². The number of hydrogen-bond donors (Lipinski definition) is 0. The number of carbonyl (C=O) groups excluding carboxylic acids is 2. The summed E-state index contributed by atoms with van der Waals surface area (Å²) in [7, 11) is 0. The van der Waals surface area contributed by atoms with E-state index in [-0.39, 0.29) is 16.7 Å². The number of ether oxygens (including phenoxy) is 1. The number of alkyl halides is 3. The van der Waals surface area contributed by atoms with Crippen LogP contribution < -0.4 is 4.90 Å². The fourth-order valence-corrected chi connectivity index (χ4v) is 3.92. The van der Waals surface area contributed by atoms with Crippen LogP contribution in [-0.2, 0) is 22.1 Å². The number of amides is 1. The van der Waals surface area contributed by atoms with Crippen molar-refractivity contribution in [3.05, 3.63) is 58.2 Å². The summed E-state index contributed by atoms with van der Waals surface area (Å²) in [6.07, 6.45) is -4.34. The van der Waals surface area contributed by atoms with Crippen molar-refractivity contribution in [3.63, 3.8) is 0 Å². The van der Waals surface area contributed by atoms with Crippen molar-refractivity contribution in [2.24, 2.45) is 0 Å². The van der Waals surface area contributed by atoms with E-state index in [0.29, 0.717) is 38.2 Å². The van der Waals surface area contributed by atoms with Crippen molar-refractivity contribution in [1.29, 1.82) is 0 Å². The van der Waals surface area contributed by atoms with Crippen LogP contribution in [0.25, 0.3) is 0 Å². The van der Waals surface area contributed by atoms with Crippen LogP contribution >= 0.6 is 11.6 Å². The molecule has 0 spiro atoms. The van der Waals surface area contributed by atoms with Crippen LogP contribution in [0, 0.1) is 0 Å². The summed E-state index contributed by atoms with van der Waals surface area (Å²) >= 11 is 6.01. The predicted octanol–water partition coefficient (Wildman–Crippen LogP) is 3.18. The number of cyclic esters (lactones) is 1. The second kappa shape index (κ2) is 7.79. The summed E-state index contributed by atoms with van der Waals surface area (Å²) in [4.78, 5) is 32.2. The normalized spacial score (nSPS) is 19.3. The lowest BCUT2D eigenvalue weighted by Crippen LogP contribution is -2.53. The number of aromatic nitrogens is 1. The molecule has 1 amide bonds. The molecule has 2 aromatic rings. The second-order valence-corrected chi connectivity index (χ2v) is 7.50. The van der Waals surface area contributed by atoms with Crippen molar-refractivity contribution in [1.82, 2.24) is 9.88 Å². The Morgan fingerprint density at radius 2 is 1.87 bits per heavy atom. The van der Waals surface area contributed by atoms with Gasteiger partial charge in [-0.15, -0.1) is 0 Å². The molecular formula is C20H17ClF3N3O3. The minimum Gasteiger partial charge on any atom is -0.448 e. The molecule has 1 aromatic heterocycles. The lowest BCUT2D eigenvalue weighted by Gasteiger charge is -2.37. The van der Waals surface area contributed by atoms with Crippen LogP contribution in [0.15, 0.2) is 36.5 Å². The summed E-state index contributed by atoms with van der Waals surface area (Å²) in [5.74, 6) is -0.562. The highest BCUT2D eigenvalue weighted by Crippen LogP contribution is 2.33. The highest BCUT2D eigenvalue weighted by Gasteiger charge is 2.36. The minimum atomic E-state index is -4.52. The van der Waals surface area contributed by atoms with Gasteiger partial charge in [-0.1, -0.05) is 29.8 Å². The van der Waals surface area contributed by atoms with E-state index in [4.69, 9.17) is 16.3 Å². The molecule has 1 fully saturated rings. The molecule has 2 aliphatic rings. The van der Waals surface area contributed by atoms with Gasteiger partial charge >= 0.3 is 12.1 Å². The Hall–Kier alpha value is -2.81. The van der Waals surface area contributed by atoms with Crippen LogP contribution in [0.3, 0.4) is 0 Å². The van der Waals surface area contributed by atoms with Crippen molar-refractivity contribution in [3.8, 4) is 0 Å². The molecule has 1 saturated heterocycles. The van der Waals surface area contributed by atoms with Gasteiger partial charge in [0.1, 0.15) is 5.82 Å². The maximum atomic E-state index is 12.8. The third-order valence-electron chi connectivity index (χ3n) is 5.21. The van der Waals surface area contributed by atoms with Crippen LogP contribution in [0.4, 0.5) is 19.0 Å². The third-order valence-corrected chi connectivity index (χ3v) is 5.49. The van der Waals surface area contributed by atoms with Gasteiger partial charge in [-0.2, -0.15) is 13.2 Å². The number of esters is 1. The quantitative estimate of drug-likeness (QED) is 0.673. The fraction of sp³-hybridized carbons (Fsp3) is 0.350. The highest BCUT2D eigenvalue weighted by atomic mass is 35.5. The monoisotopic (exact) mass is 439 g/mol. The topological polar surface area (TPSA) is 62.7 Å². The van der Waals surface area contributed by atoms with Gasteiger partial charge < -0.3 is 14.5 Å². The first-order valence-corrected chi connectivity index (χ1v) is 9.67. The number of piperazine rings is 1. The van der Waals surface area contributed by atoms with Gasteiger partial charge in [0.2, 0.25) is 0 Å². The van der Waals surface area contributed by atoms with Gasteiger partial charge in [-0.25, -0.2) is 9.78 Å².